The zero-order valence-corrected chi connectivity index (χ0v) is 15.9. The second-order valence-electron chi connectivity index (χ2n) is 6.87. The summed E-state index contributed by atoms with van der Waals surface area (Å²) in [5.74, 6) is 1.85. The molecule has 0 radical (unpaired) electrons. The van der Waals surface area contributed by atoms with Crippen molar-refractivity contribution in [3.8, 4) is 0 Å². The molecule has 0 amide bonds. The van der Waals surface area contributed by atoms with Gasteiger partial charge in [0.05, 0.1) is 36.8 Å². The number of aliphatic hydroxyl groups is 1. The van der Waals surface area contributed by atoms with Crippen molar-refractivity contribution in [1.82, 2.24) is 24.2 Å². The molecule has 1 N–H and O–H groups in total. The first-order chi connectivity index (χ1) is 12.4. The average molecular weight is 357 g/mol. The highest BCUT2D eigenvalue weighted by Gasteiger charge is 2.17. The normalized spacial score (nSPS) is 12.8. The molecule has 3 aromatic heterocycles. The molecular formula is C19H27N5O2. The standard InChI is InChI=1S/C19H27N5O2/c1-14-8-15(2)24(21-14)12-18(25)11-23(13-19-6-5-7-26-19)10-17-9-20-16(3)22(17)4/h5-9,18,25H,10-13H2,1-4H3/t18-/m0/s1. The molecule has 140 valence electrons. The van der Waals surface area contributed by atoms with Gasteiger partial charge in [-0.25, -0.2) is 4.98 Å². The zero-order valence-electron chi connectivity index (χ0n) is 15.9. The summed E-state index contributed by atoms with van der Waals surface area (Å²) in [5, 5.41) is 15.1. The number of hydrogen-bond acceptors (Lipinski definition) is 5. The van der Waals surface area contributed by atoms with E-state index in [1.165, 1.54) is 0 Å². The molecule has 7 heteroatoms. The Balaban J connectivity index is 1.70. The fraction of sp³-hybridized carbons (Fsp3) is 0.474. The van der Waals surface area contributed by atoms with Gasteiger partial charge in [-0.15, -0.1) is 0 Å². The van der Waals surface area contributed by atoms with E-state index in [4.69, 9.17) is 4.42 Å². The Morgan fingerprint density at radius 3 is 2.65 bits per heavy atom. The number of rotatable bonds is 8. The van der Waals surface area contributed by atoms with E-state index in [2.05, 4.69) is 19.5 Å². The molecule has 3 aromatic rings. The van der Waals surface area contributed by atoms with Crippen molar-refractivity contribution in [3.63, 3.8) is 0 Å². The molecule has 0 saturated heterocycles. The number of aromatic nitrogens is 4. The lowest BCUT2D eigenvalue weighted by atomic mass is 10.2. The molecule has 0 bridgehead atoms. The van der Waals surface area contributed by atoms with E-state index in [9.17, 15) is 5.11 Å². The number of furan rings is 1. The molecule has 0 saturated carbocycles. The first-order valence-electron chi connectivity index (χ1n) is 8.83. The van der Waals surface area contributed by atoms with Crippen LogP contribution in [0.4, 0.5) is 0 Å². The number of aryl methyl sites for hydroxylation is 3. The molecule has 0 aliphatic heterocycles. The first-order valence-corrected chi connectivity index (χ1v) is 8.83. The Labute approximate surface area is 153 Å². The van der Waals surface area contributed by atoms with Crippen LogP contribution >= 0.6 is 0 Å². The molecule has 3 heterocycles. The van der Waals surface area contributed by atoms with Crippen LogP contribution in [0.2, 0.25) is 0 Å². The van der Waals surface area contributed by atoms with Gasteiger partial charge in [-0.1, -0.05) is 0 Å². The lowest BCUT2D eigenvalue weighted by Crippen LogP contribution is -2.35. The van der Waals surface area contributed by atoms with Gasteiger partial charge in [0.25, 0.3) is 0 Å². The van der Waals surface area contributed by atoms with Crippen LogP contribution in [0.1, 0.15) is 28.7 Å². The Morgan fingerprint density at radius 2 is 2.08 bits per heavy atom. The third-order valence-electron chi connectivity index (χ3n) is 4.62. The molecule has 7 nitrogen and oxygen atoms in total. The maximum atomic E-state index is 10.6. The molecule has 0 aliphatic rings. The Morgan fingerprint density at radius 1 is 1.27 bits per heavy atom. The van der Waals surface area contributed by atoms with Gasteiger partial charge >= 0.3 is 0 Å². The smallest absolute Gasteiger partial charge is 0.117 e. The molecule has 26 heavy (non-hydrogen) atoms. The van der Waals surface area contributed by atoms with Gasteiger partial charge < -0.3 is 14.1 Å². The highest BCUT2D eigenvalue weighted by atomic mass is 16.3. The Hall–Kier alpha value is -2.38. The van der Waals surface area contributed by atoms with Crippen molar-refractivity contribution >= 4 is 0 Å². The SMILES string of the molecule is Cc1cc(C)n(C[C@@H](O)CN(Cc2ccco2)Cc2cnc(C)n2C)n1. The molecule has 0 spiro atoms. The predicted octanol–water partition coefficient (Wildman–Crippen LogP) is 2.20. The average Bonchev–Trinajstić information content (AvgIpc) is 3.26. The number of aliphatic hydroxyl groups excluding tert-OH is 1. The van der Waals surface area contributed by atoms with E-state index in [1.54, 1.807) is 6.26 Å². The second-order valence-corrected chi connectivity index (χ2v) is 6.87. The van der Waals surface area contributed by atoms with E-state index in [1.807, 2.05) is 56.9 Å². The topological polar surface area (TPSA) is 72.2 Å². The predicted molar refractivity (Wildman–Crippen MR) is 98.5 cm³/mol. The largest absolute Gasteiger partial charge is 0.468 e. The van der Waals surface area contributed by atoms with E-state index >= 15 is 0 Å². The van der Waals surface area contributed by atoms with E-state index in [0.717, 1.165) is 28.7 Å². The van der Waals surface area contributed by atoms with Gasteiger partial charge in [0, 0.05) is 32.0 Å². The van der Waals surface area contributed by atoms with Gasteiger partial charge in [0.2, 0.25) is 0 Å². The van der Waals surface area contributed by atoms with Crippen LogP contribution in [0.5, 0.6) is 0 Å². The van der Waals surface area contributed by atoms with Gasteiger partial charge in [-0.2, -0.15) is 5.10 Å². The van der Waals surface area contributed by atoms with Gasteiger partial charge in [-0.3, -0.25) is 9.58 Å². The third kappa shape index (κ3) is 4.42. The fourth-order valence-electron chi connectivity index (χ4n) is 3.15. The minimum absolute atomic E-state index is 0.471. The maximum absolute atomic E-state index is 10.6. The van der Waals surface area contributed by atoms with Crippen LogP contribution in [-0.4, -0.2) is 42.0 Å². The fourth-order valence-corrected chi connectivity index (χ4v) is 3.15. The summed E-state index contributed by atoms with van der Waals surface area (Å²) in [7, 11) is 2.01. The van der Waals surface area contributed by atoms with Crippen molar-refractivity contribution in [1.29, 1.82) is 0 Å². The number of imidazole rings is 1. The second kappa shape index (κ2) is 7.88. The number of hydrogen-bond donors (Lipinski definition) is 1. The maximum Gasteiger partial charge on any atom is 0.117 e. The van der Waals surface area contributed by atoms with E-state index in [0.29, 0.717) is 26.2 Å². The van der Waals surface area contributed by atoms with Crippen LogP contribution in [-0.2, 0) is 26.7 Å². The van der Waals surface area contributed by atoms with Crippen LogP contribution in [0.15, 0.2) is 35.1 Å². The molecule has 3 rings (SSSR count). The molecule has 1 atom stereocenters. The lowest BCUT2D eigenvalue weighted by Gasteiger charge is -2.24. The zero-order chi connectivity index (χ0) is 18.7. The molecule has 0 fully saturated rings. The van der Waals surface area contributed by atoms with Crippen molar-refractivity contribution < 1.29 is 9.52 Å². The monoisotopic (exact) mass is 357 g/mol. The van der Waals surface area contributed by atoms with E-state index < -0.39 is 6.10 Å². The molecule has 0 unspecified atom stereocenters. The lowest BCUT2D eigenvalue weighted by molar-refractivity contribution is 0.0828. The minimum atomic E-state index is -0.530. The summed E-state index contributed by atoms with van der Waals surface area (Å²) in [5.41, 5.74) is 3.13. The Kier molecular flexibility index (Phi) is 5.58. The van der Waals surface area contributed by atoms with Crippen LogP contribution in [0.3, 0.4) is 0 Å². The van der Waals surface area contributed by atoms with Crippen molar-refractivity contribution in [2.75, 3.05) is 6.54 Å². The summed E-state index contributed by atoms with van der Waals surface area (Å²) >= 11 is 0. The number of nitrogens with zero attached hydrogens (tertiary/aromatic N) is 5. The van der Waals surface area contributed by atoms with Gasteiger partial charge in [0.15, 0.2) is 0 Å². The highest BCUT2D eigenvalue weighted by Crippen LogP contribution is 2.13. The van der Waals surface area contributed by atoms with Gasteiger partial charge in [0.1, 0.15) is 11.6 Å². The van der Waals surface area contributed by atoms with Crippen LogP contribution < -0.4 is 0 Å². The quantitative estimate of drug-likeness (QED) is 0.669. The van der Waals surface area contributed by atoms with E-state index in [-0.39, 0.29) is 0 Å². The Bertz CT molecular complexity index is 834. The minimum Gasteiger partial charge on any atom is -0.468 e. The summed E-state index contributed by atoms with van der Waals surface area (Å²) < 4.78 is 9.43. The van der Waals surface area contributed by atoms with Crippen LogP contribution in [0, 0.1) is 20.8 Å². The summed E-state index contributed by atoms with van der Waals surface area (Å²) in [4.78, 5) is 6.54. The summed E-state index contributed by atoms with van der Waals surface area (Å²) in [6, 6.07) is 5.86. The van der Waals surface area contributed by atoms with Crippen LogP contribution in [0.25, 0.3) is 0 Å². The van der Waals surface area contributed by atoms with Crippen molar-refractivity contribution in [2.24, 2.45) is 7.05 Å². The third-order valence-corrected chi connectivity index (χ3v) is 4.62. The van der Waals surface area contributed by atoms with Crippen molar-refractivity contribution in [3.05, 3.63) is 59.3 Å². The van der Waals surface area contributed by atoms with Gasteiger partial charge in [-0.05, 0) is 39.0 Å². The molecular weight excluding hydrogens is 330 g/mol. The molecule has 0 aromatic carbocycles. The first kappa shape index (κ1) is 18.4. The summed E-state index contributed by atoms with van der Waals surface area (Å²) in [6.07, 6.45) is 3.03. The highest BCUT2D eigenvalue weighted by molar-refractivity contribution is 5.07. The summed E-state index contributed by atoms with van der Waals surface area (Å²) in [6.45, 7) is 8.26. The molecule has 0 aliphatic carbocycles. The van der Waals surface area contributed by atoms with Crippen molar-refractivity contribution in [2.45, 2.75) is 46.5 Å².